The minimum absolute atomic E-state index is 0.00989. The SMILES string of the molecule is CC(C)(C)c1cc(N2c3ccc(C(C)(C)C)cc3B3c4nc(-c5ccc6oc7ccc(C(C)(C)C)cc7c6c5)oc4N(c4cc(C(C)(C)C)cc(C(C)(C)C)c4)c4cc(C56CC7CC(CC(C7)C5)C6)cc2c43)cc(C(C)(C)C)c1. The van der Waals surface area contributed by atoms with Crippen LogP contribution in [-0.2, 0) is 37.9 Å². The van der Waals surface area contributed by atoms with E-state index >= 15 is 0 Å². The van der Waals surface area contributed by atoms with Crippen LogP contribution in [0, 0.1) is 17.8 Å². The summed E-state index contributed by atoms with van der Waals surface area (Å²) in [6, 6.07) is 40.9. The van der Waals surface area contributed by atoms with Crippen molar-refractivity contribution in [3.05, 3.63) is 142 Å². The van der Waals surface area contributed by atoms with Crippen molar-refractivity contribution in [2.24, 2.45) is 17.8 Å². The number of nitrogens with zero attached hydrogens (tertiary/aromatic N) is 3. The van der Waals surface area contributed by atoms with Gasteiger partial charge < -0.3 is 13.7 Å². The summed E-state index contributed by atoms with van der Waals surface area (Å²) in [5, 5.41) is 2.19. The Morgan fingerprint density at radius 1 is 0.443 bits per heavy atom. The van der Waals surface area contributed by atoms with Crippen LogP contribution in [0.1, 0.15) is 202 Å². The van der Waals surface area contributed by atoms with Crippen LogP contribution >= 0.6 is 0 Å². The van der Waals surface area contributed by atoms with Gasteiger partial charge in [-0.3, -0.25) is 4.90 Å². The number of anilines is 6. The lowest BCUT2D eigenvalue weighted by Crippen LogP contribution is -2.62. The Kier molecular flexibility index (Phi) is 11.3. The zero-order valence-corrected chi connectivity index (χ0v) is 51.0. The Balaban J connectivity index is 1.15. The fourth-order valence-corrected chi connectivity index (χ4v) is 15.1. The average molecular weight is 1050 g/mol. The van der Waals surface area contributed by atoms with Gasteiger partial charge >= 0.3 is 0 Å². The molecule has 14 rings (SSSR count). The van der Waals surface area contributed by atoms with Gasteiger partial charge in [0.05, 0.1) is 5.59 Å². The van der Waals surface area contributed by atoms with E-state index in [-0.39, 0.29) is 44.6 Å². The standard InChI is InChI=1S/C73H86BN3O2/c1-67(2,3)46-21-24-62-56(35-46)55-28-45(19-23-61(55)78-62)65-75-64-66(79-65)77(54-33-50(71(13,14)15)30-51(34-54)72(16,17)18)60-38-52(73-39-42-25-43(40-73)27-44(26-42)41-73)37-59-63(60)74(64)57-36-47(68(4,5)6)20-22-58(57)76(59)53-31-48(69(7,8)9)29-49(32-53)70(10,11)12/h19-24,28-38,42-44H,25-27,39-41H2,1-18H3. The van der Waals surface area contributed by atoms with Crippen molar-refractivity contribution in [2.45, 2.75) is 201 Å². The topological polar surface area (TPSA) is 45.7 Å². The van der Waals surface area contributed by atoms with Crippen molar-refractivity contribution in [3.8, 4) is 11.5 Å². The number of hydrogen-bond acceptors (Lipinski definition) is 5. The molecule has 5 nitrogen and oxygen atoms in total. The first kappa shape index (κ1) is 52.4. The molecule has 0 N–H and O–H groups in total. The number of furan rings is 1. The second-order valence-electron chi connectivity index (χ2n) is 31.8. The summed E-state index contributed by atoms with van der Waals surface area (Å²) in [6.45, 7) is 42.1. The molecule has 2 aromatic heterocycles. The largest absolute Gasteiger partial charge is 0.456 e. The third-order valence-electron chi connectivity index (χ3n) is 19.5. The highest BCUT2D eigenvalue weighted by Crippen LogP contribution is 2.62. The molecule has 6 aliphatic rings. The number of benzene rings is 6. The quantitative estimate of drug-likeness (QED) is 0.164. The summed E-state index contributed by atoms with van der Waals surface area (Å²) in [6.07, 6.45) is 8.00. The highest BCUT2D eigenvalue weighted by atomic mass is 16.4. The average Bonchev–Trinajstić information content (AvgIpc) is 3.38. The van der Waals surface area contributed by atoms with E-state index in [4.69, 9.17) is 13.8 Å². The van der Waals surface area contributed by atoms with Gasteiger partial charge in [0.1, 0.15) is 11.2 Å². The van der Waals surface area contributed by atoms with Crippen LogP contribution in [0.5, 0.6) is 0 Å². The molecule has 79 heavy (non-hydrogen) atoms. The van der Waals surface area contributed by atoms with Gasteiger partial charge in [0.15, 0.2) is 0 Å². The molecular formula is C73H86BN3O2. The van der Waals surface area contributed by atoms with Gasteiger partial charge in [-0.15, -0.1) is 0 Å². The second kappa shape index (κ2) is 17.0. The molecule has 0 unspecified atom stereocenters. The summed E-state index contributed by atoms with van der Waals surface area (Å²) in [7, 11) is 0. The van der Waals surface area contributed by atoms with Crippen LogP contribution in [0.25, 0.3) is 33.4 Å². The molecule has 0 radical (unpaired) electrons. The normalized spacial score (nSPS) is 21.1. The van der Waals surface area contributed by atoms with Crippen LogP contribution in [0.15, 0.2) is 112 Å². The fourth-order valence-electron chi connectivity index (χ4n) is 15.1. The van der Waals surface area contributed by atoms with Crippen LogP contribution in [0.2, 0.25) is 0 Å². The van der Waals surface area contributed by atoms with Gasteiger partial charge in [-0.25, -0.2) is 4.98 Å². The first-order chi connectivity index (χ1) is 36.8. The van der Waals surface area contributed by atoms with Gasteiger partial charge in [0.2, 0.25) is 11.8 Å². The highest BCUT2D eigenvalue weighted by Gasteiger charge is 2.54. The zero-order chi connectivity index (χ0) is 56.1. The van der Waals surface area contributed by atoms with Gasteiger partial charge in [0, 0.05) is 44.8 Å². The van der Waals surface area contributed by atoms with E-state index in [0.29, 0.717) is 5.89 Å². The molecule has 4 aliphatic carbocycles. The summed E-state index contributed by atoms with van der Waals surface area (Å²) in [5.74, 6) is 3.81. The fraction of sp³-hybridized carbons (Fsp3) is 0.466. The van der Waals surface area contributed by atoms with Gasteiger partial charge in [-0.1, -0.05) is 155 Å². The molecule has 0 amide bonds. The predicted octanol–water partition coefficient (Wildman–Crippen LogP) is 18.6. The van der Waals surface area contributed by atoms with Crippen molar-refractivity contribution >= 4 is 79.5 Å². The van der Waals surface area contributed by atoms with E-state index < -0.39 is 0 Å². The summed E-state index contributed by atoms with van der Waals surface area (Å²) in [4.78, 5) is 11.1. The van der Waals surface area contributed by atoms with Crippen LogP contribution < -0.4 is 26.3 Å². The molecule has 4 saturated carbocycles. The predicted molar refractivity (Wildman–Crippen MR) is 335 cm³/mol. The molecule has 6 heteroatoms. The Labute approximate surface area is 473 Å². The lowest BCUT2D eigenvalue weighted by atomic mass is 9.35. The van der Waals surface area contributed by atoms with Crippen LogP contribution in [-0.4, -0.2) is 11.7 Å². The monoisotopic (exact) mass is 1050 g/mol. The van der Waals surface area contributed by atoms with Crippen molar-refractivity contribution < 1.29 is 8.83 Å². The zero-order valence-electron chi connectivity index (χ0n) is 51.0. The minimum Gasteiger partial charge on any atom is -0.456 e. The summed E-state index contributed by atoms with van der Waals surface area (Å²) < 4.78 is 14.2. The molecule has 6 aromatic carbocycles. The van der Waals surface area contributed by atoms with Crippen molar-refractivity contribution in [1.29, 1.82) is 0 Å². The molecule has 408 valence electrons. The van der Waals surface area contributed by atoms with Gasteiger partial charge in [-0.2, -0.15) is 0 Å². The van der Waals surface area contributed by atoms with Gasteiger partial charge in [-0.05, 0) is 217 Å². The van der Waals surface area contributed by atoms with Crippen LogP contribution in [0.3, 0.4) is 0 Å². The molecule has 8 aromatic rings. The molecule has 4 heterocycles. The van der Waals surface area contributed by atoms with Gasteiger partial charge in [0.25, 0.3) is 6.71 Å². The molecule has 4 bridgehead atoms. The maximum atomic E-state index is 7.67. The number of rotatable bonds is 4. The van der Waals surface area contributed by atoms with E-state index in [9.17, 15) is 0 Å². The third-order valence-corrected chi connectivity index (χ3v) is 19.5. The Morgan fingerprint density at radius 2 is 0.886 bits per heavy atom. The Morgan fingerprint density at radius 3 is 1.39 bits per heavy atom. The molecular weight excluding hydrogens is 962 g/mol. The second-order valence-corrected chi connectivity index (χ2v) is 31.8. The number of oxazole rings is 1. The summed E-state index contributed by atoms with van der Waals surface area (Å²) in [5.41, 5.74) is 21.4. The first-order valence-electron chi connectivity index (χ1n) is 30.0. The van der Waals surface area contributed by atoms with Crippen molar-refractivity contribution in [2.75, 3.05) is 9.80 Å². The molecule has 2 aliphatic heterocycles. The van der Waals surface area contributed by atoms with E-state index in [0.717, 1.165) is 62.4 Å². The first-order valence-corrected chi connectivity index (χ1v) is 30.0. The molecule has 4 fully saturated rings. The minimum atomic E-state index is -0.207. The number of hydrogen-bond donors (Lipinski definition) is 0. The van der Waals surface area contributed by atoms with Crippen molar-refractivity contribution in [1.82, 2.24) is 4.98 Å². The molecule has 0 spiro atoms. The third kappa shape index (κ3) is 8.64. The number of aromatic nitrogens is 1. The lowest BCUT2D eigenvalue weighted by Gasteiger charge is -2.57. The van der Waals surface area contributed by atoms with E-state index in [1.165, 1.54) is 111 Å². The van der Waals surface area contributed by atoms with Crippen LogP contribution in [0.4, 0.5) is 34.3 Å². The molecule has 0 atom stereocenters. The van der Waals surface area contributed by atoms with E-state index in [2.05, 4.69) is 238 Å². The lowest BCUT2D eigenvalue weighted by molar-refractivity contribution is -0.00514. The Bertz CT molecular complexity index is 3700. The smallest absolute Gasteiger partial charge is 0.279 e. The van der Waals surface area contributed by atoms with E-state index in [1.807, 2.05) is 0 Å². The number of fused-ring (bicyclic) bond motifs is 7. The Hall–Kier alpha value is -6.01. The van der Waals surface area contributed by atoms with E-state index in [1.54, 1.807) is 0 Å². The maximum Gasteiger partial charge on any atom is 0.279 e. The maximum absolute atomic E-state index is 7.67. The highest BCUT2D eigenvalue weighted by molar-refractivity contribution is 6.99. The van der Waals surface area contributed by atoms with Crippen molar-refractivity contribution in [3.63, 3.8) is 0 Å². The summed E-state index contributed by atoms with van der Waals surface area (Å²) >= 11 is 0. The molecule has 0 saturated heterocycles.